The highest BCUT2D eigenvalue weighted by Crippen LogP contribution is 2.22. The first-order valence-corrected chi connectivity index (χ1v) is 8.55. The van der Waals surface area contributed by atoms with E-state index in [2.05, 4.69) is 18.9 Å². The van der Waals surface area contributed by atoms with Crippen LogP contribution in [0.2, 0.25) is 0 Å². The predicted molar refractivity (Wildman–Crippen MR) is 94.9 cm³/mol. The summed E-state index contributed by atoms with van der Waals surface area (Å²) in [6.07, 6.45) is 1.11. The average molecular weight is 344 g/mol. The van der Waals surface area contributed by atoms with E-state index in [0.717, 1.165) is 16.9 Å². The van der Waals surface area contributed by atoms with Crippen LogP contribution in [0.1, 0.15) is 26.0 Å². The summed E-state index contributed by atoms with van der Waals surface area (Å²) in [7, 11) is 0. The minimum Gasteiger partial charge on any atom is -0.460 e. The molecule has 0 saturated carbocycles. The molecule has 0 bridgehead atoms. The van der Waals surface area contributed by atoms with Crippen molar-refractivity contribution in [2.45, 2.75) is 33.7 Å². The standard InChI is InChI=1S/C18H24N4O3/c1-11-6-12(2)9-21(8-11)17(23)10-22-18(24)14(19)7-15(20-22)16-5-4-13(3)25-16/h4-5,7,11-12H,6,8-10,19H2,1-3H3/t11-,12+. The fourth-order valence-corrected chi connectivity index (χ4v) is 3.46. The molecule has 1 aliphatic rings. The minimum atomic E-state index is -0.460. The fourth-order valence-electron chi connectivity index (χ4n) is 3.46. The van der Waals surface area contributed by atoms with Crippen LogP contribution in [0.4, 0.5) is 5.69 Å². The van der Waals surface area contributed by atoms with E-state index < -0.39 is 5.56 Å². The quantitative estimate of drug-likeness (QED) is 0.917. The molecule has 0 spiro atoms. The highest BCUT2D eigenvalue weighted by Gasteiger charge is 2.26. The molecule has 0 radical (unpaired) electrons. The van der Waals surface area contributed by atoms with E-state index in [1.165, 1.54) is 6.07 Å². The van der Waals surface area contributed by atoms with Gasteiger partial charge in [0.1, 0.15) is 23.7 Å². The number of rotatable bonds is 3. The minimum absolute atomic E-state index is 0.0484. The van der Waals surface area contributed by atoms with Crippen LogP contribution < -0.4 is 11.3 Å². The lowest BCUT2D eigenvalue weighted by Crippen LogP contribution is -2.45. The van der Waals surface area contributed by atoms with Crippen molar-refractivity contribution in [1.82, 2.24) is 14.7 Å². The number of nitrogens with two attached hydrogens (primary N) is 1. The third-order valence-electron chi connectivity index (χ3n) is 4.50. The second-order valence-electron chi connectivity index (χ2n) is 7.10. The lowest BCUT2D eigenvalue weighted by Gasteiger charge is -2.35. The van der Waals surface area contributed by atoms with Crippen molar-refractivity contribution >= 4 is 11.6 Å². The van der Waals surface area contributed by atoms with Gasteiger partial charge in [-0.2, -0.15) is 5.10 Å². The van der Waals surface area contributed by atoms with Crippen LogP contribution in [-0.4, -0.2) is 33.7 Å². The zero-order valence-electron chi connectivity index (χ0n) is 14.9. The molecule has 1 saturated heterocycles. The van der Waals surface area contributed by atoms with Crippen LogP contribution >= 0.6 is 0 Å². The number of anilines is 1. The highest BCUT2D eigenvalue weighted by atomic mass is 16.3. The van der Waals surface area contributed by atoms with E-state index in [1.807, 2.05) is 17.9 Å². The Morgan fingerprint density at radius 3 is 2.60 bits per heavy atom. The molecular formula is C18H24N4O3. The number of carbonyl (C=O) groups is 1. The number of piperidine rings is 1. The zero-order valence-corrected chi connectivity index (χ0v) is 14.9. The van der Waals surface area contributed by atoms with Crippen LogP contribution in [0.3, 0.4) is 0 Å². The molecule has 134 valence electrons. The highest BCUT2D eigenvalue weighted by molar-refractivity contribution is 5.76. The summed E-state index contributed by atoms with van der Waals surface area (Å²) in [5, 5.41) is 4.27. The third kappa shape index (κ3) is 3.75. The van der Waals surface area contributed by atoms with Gasteiger partial charge < -0.3 is 15.1 Å². The molecule has 3 heterocycles. The summed E-state index contributed by atoms with van der Waals surface area (Å²) in [4.78, 5) is 26.7. The Morgan fingerprint density at radius 2 is 2.00 bits per heavy atom. The summed E-state index contributed by atoms with van der Waals surface area (Å²) >= 11 is 0. The van der Waals surface area contributed by atoms with Crippen LogP contribution in [-0.2, 0) is 11.3 Å². The molecule has 7 nitrogen and oxygen atoms in total. The summed E-state index contributed by atoms with van der Waals surface area (Å²) in [6.45, 7) is 7.41. The molecular weight excluding hydrogens is 320 g/mol. The van der Waals surface area contributed by atoms with Crippen molar-refractivity contribution in [3.05, 3.63) is 34.3 Å². The normalized spacial score (nSPS) is 20.7. The second-order valence-corrected chi connectivity index (χ2v) is 7.10. The van der Waals surface area contributed by atoms with Gasteiger partial charge in [0.2, 0.25) is 5.91 Å². The number of furan rings is 1. The first-order chi connectivity index (χ1) is 11.8. The van der Waals surface area contributed by atoms with Crippen LogP contribution in [0.25, 0.3) is 11.5 Å². The van der Waals surface area contributed by atoms with Gasteiger partial charge in [0.05, 0.1) is 0 Å². The number of aromatic nitrogens is 2. The third-order valence-corrected chi connectivity index (χ3v) is 4.50. The van der Waals surface area contributed by atoms with E-state index in [9.17, 15) is 9.59 Å². The zero-order chi connectivity index (χ0) is 18.1. The van der Waals surface area contributed by atoms with Crippen molar-refractivity contribution < 1.29 is 9.21 Å². The van der Waals surface area contributed by atoms with Gasteiger partial charge in [-0.3, -0.25) is 9.59 Å². The Kier molecular flexibility index (Phi) is 4.65. The second kappa shape index (κ2) is 6.74. The molecule has 2 aromatic rings. The monoisotopic (exact) mass is 344 g/mol. The summed E-state index contributed by atoms with van der Waals surface area (Å²) in [6, 6.07) is 5.05. The van der Waals surface area contributed by atoms with E-state index in [0.29, 0.717) is 36.4 Å². The molecule has 0 unspecified atom stereocenters. The maximum atomic E-state index is 12.6. The van der Waals surface area contributed by atoms with Crippen LogP contribution in [0.5, 0.6) is 0 Å². The smallest absolute Gasteiger partial charge is 0.290 e. The Morgan fingerprint density at radius 1 is 1.32 bits per heavy atom. The van der Waals surface area contributed by atoms with E-state index >= 15 is 0 Å². The van der Waals surface area contributed by atoms with E-state index in [1.54, 1.807) is 6.07 Å². The maximum absolute atomic E-state index is 12.6. The molecule has 2 atom stereocenters. The lowest BCUT2D eigenvalue weighted by atomic mass is 9.92. The van der Waals surface area contributed by atoms with Crippen molar-refractivity contribution in [2.75, 3.05) is 18.8 Å². The maximum Gasteiger partial charge on any atom is 0.290 e. The Bertz CT molecular complexity index is 829. The van der Waals surface area contributed by atoms with Gasteiger partial charge in [0.25, 0.3) is 5.56 Å². The van der Waals surface area contributed by atoms with Crippen molar-refractivity contribution in [3.8, 4) is 11.5 Å². The molecule has 0 aliphatic carbocycles. The number of amides is 1. The van der Waals surface area contributed by atoms with Gasteiger partial charge in [-0.1, -0.05) is 13.8 Å². The van der Waals surface area contributed by atoms with Crippen molar-refractivity contribution in [3.63, 3.8) is 0 Å². The van der Waals surface area contributed by atoms with Gasteiger partial charge in [0.15, 0.2) is 5.76 Å². The number of hydrogen-bond acceptors (Lipinski definition) is 5. The Balaban J connectivity index is 1.85. The van der Waals surface area contributed by atoms with Gasteiger partial charge in [-0.25, -0.2) is 4.68 Å². The number of nitrogens with zero attached hydrogens (tertiary/aromatic N) is 3. The molecule has 2 aromatic heterocycles. The number of likely N-dealkylation sites (tertiary alicyclic amines) is 1. The molecule has 1 fully saturated rings. The molecule has 3 rings (SSSR count). The predicted octanol–water partition coefficient (Wildman–Crippen LogP) is 1.90. The Labute approximate surface area is 146 Å². The van der Waals surface area contributed by atoms with Crippen LogP contribution in [0, 0.1) is 18.8 Å². The fraction of sp³-hybridized carbons (Fsp3) is 0.500. The molecule has 2 N–H and O–H groups in total. The van der Waals surface area contributed by atoms with Crippen molar-refractivity contribution in [1.29, 1.82) is 0 Å². The molecule has 1 amide bonds. The lowest BCUT2D eigenvalue weighted by molar-refractivity contribution is -0.134. The van der Waals surface area contributed by atoms with Gasteiger partial charge >= 0.3 is 0 Å². The largest absolute Gasteiger partial charge is 0.460 e. The topological polar surface area (TPSA) is 94.4 Å². The van der Waals surface area contributed by atoms with Gasteiger partial charge in [-0.15, -0.1) is 0 Å². The number of carbonyl (C=O) groups excluding carboxylic acids is 1. The first-order valence-electron chi connectivity index (χ1n) is 8.55. The van der Waals surface area contributed by atoms with E-state index in [-0.39, 0.29) is 18.1 Å². The van der Waals surface area contributed by atoms with E-state index in [4.69, 9.17) is 10.2 Å². The summed E-state index contributed by atoms with van der Waals surface area (Å²) in [5.74, 6) is 2.06. The Hall–Kier alpha value is -2.57. The van der Waals surface area contributed by atoms with Crippen LogP contribution in [0.15, 0.2) is 27.4 Å². The molecule has 7 heteroatoms. The first kappa shape index (κ1) is 17.3. The molecule has 25 heavy (non-hydrogen) atoms. The summed E-state index contributed by atoms with van der Waals surface area (Å²) < 4.78 is 6.67. The number of hydrogen-bond donors (Lipinski definition) is 1. The number of aryl methyl sites for hydroxylation is 1. The SMILES string of the molecule is Cc1ccc(-c2cc(N)c(=O)n(CC(=O)N3C[C@H](C)C[C@H](C)C3)n2)o1. The number of nitrogen functional groups attached to an aromatic ring is 1. The average Bonchev–Trinajstić information content (AvgIpc) is 2.97. The molecule has 0 aromatic carbocycles. The molecule has 1 aliphatic heterocycles. The summed E-state index contributed by atoms with van der Waals surface area (Å²) in [5.41, 5.74) is 5.86. The van der Waals surface area contributed by atoms with Crippen molar-refractivity contribution in [2.24, 2.45) is 11.8 Å². The van der Waals surface area contributed by atoms with Gasteiger partial charge in [-0.05, 0) is 43.4 Å². The van der Waals surface area contributed by atoms with Gasteiger partial charge in [0, 0.05) is 13.1 Å².